The van der Waals surface area contributed by atoms with Crippen molar-refractivity contribution in [1.82, 2.24) is 25.9 Å². The van der Waals surface area contributed by atoms with Crippen molar-refractivity contribution in [2.45, 2.75) is 38.0 Å². The maximum Gasteiger partial charge on any atom is 0.249 e. The average molecular weight is 240 g/mol. The van der Waals surface area contributed by atoms with E-state index in [0.717, 1.165) is 6.42 Å². The van der Waals surface area contributed by atoms with Crippen LogP contribution in [0.4, 0.5) is 0 Å². The molecular formula is C9H16N6O2. The van der Waals surface area contributed by atoms with Crippen molar-refractivity contribution in [3.8, 4) is 0 Å². The SMILES string of the molecule is CC(NC(=O)C1CCC(CN)O1)c1nn[nH]n1. The van der Waals surface area contributed by atoms with Gasteiger partial charge in [-0.25, -0.2) is 0 Å². The third-order valence-corrected chi connectivity index (χ3v) is 2.77. The fourth-order valence-electron chi connectivity index (χ4n) is 1.80. The Labute approximate surface area is 98.3 Å². The van der Waals surface area contributed by atoms with Crippen LogP contribution >= 0.6 is 0 Å². The Balaban J connectivity index is 1.85. The van der Waals surface area contributed by atoms with E-state index < -0.39 is 6.10 Å². The molecule has 0 aliphatic carbocycles. The summed E-state index contributed by atoms with van der Waals surface area (Å²) in [6.07, 6.45) is 1.10. The first-order chi connectivity index (χ1) is 8.20. The Morgan fingerprint density at radius 1 is 1.71 bits per heavy atom. The topological polar surface area (TPSA) is 119 Å². The van der Waals surface area contributed by atoms with E-state index in [1.165, 1.54) is 0 Å². The van der Waals surface area contributed by atoms with Gasteiger partial charge in [0.1, 0.15) is 6.10 Å². The molecule has 1 aromatic heterocycles. The molecule has 8 heteroatoms. The number of aromatic amines is 1. The minimum absolute atomic E-state index is 0.00812. The fraction of sp³-hybridized carbons (Fsp3) is 0.778. The van der Waals surface area contributed by atoms with Crippen LogP contribution in [0.3, 0.4) is 0 Å². The van der Waals surface area contributed by atoms with E-state index >= 15 is 0 Å². The standard InChI is InChI=1S/C9H16N6O2/c1-5(8-12-14-15-13-8)11-9(16)7-3-2-6(4-10)17-7/h5-7H,2-4,10H2,1H3,(H,11,16)(H,12,13,14,15). The second kappa shape index (κ2) is 5.19. The number of amides is 1. The first kappa shape index (κ1) is 11.9. The molecule has 2 heterocycles. The lowest BCUT2D eigenvalue weighted by molar-refractivity contribution is -0.132. The van der Waals surface area contributed by atoms with Crippen LogP contribution in [0.25, 0.3) is 0 Å². The molecule has 3 atom stereocenters. The summed E-state index contributed by atoms with van der Waals surface area (Å²) in [7, 11) is 0. The highest BCUT2D eigenvalue weighted by Gasteiger charge is 2.30. The van der Waals surface area contributed by atoms with E-state index in [4.69, 9.17) is 10.5 Å². The van der Waals surface area contributed by atoms with Gasteiger partial charge >= 0.3 is 0 Å². The summed E-state index contributed by atoms with van der Waals surface area (Å²) in [5.41, 5.74) is 5.49. The van der Waals surface area contributed by atoms with Crippen LogP contribution in [0, 0.1) is 0 Å². The number of ether oxygens (including phenoxy) is 1. The molecular weight excluding hydrogens is 224 g/mol. The molecule has 1 aromatic rings. The van der Waals surface area contributed by atoms with E-state index in [9.17, 15) is 4.79 Å². The zero-order valence-electron chi connectivity index (χ0n) is 9.59. The molecule has 0 bridgehead atoms. The van der Waals surface area contributed by atoms with Crippen LogP contribution in [-0.2, 0) is 9.53 Å². The maximum atomic E-state index is 11.8. The molecule has 0 saturated carbocycles. The third-order valence-electron chi connectivity index (χ3n) is 2.77. The number of nitrogens with one attached hydrogen (secondary N) is 2. The Kier molecular flexibility index (Phi) is 3.64. The zero-order valence-corrected chi connectivity index (χ0v) is 9.59. The summed E-state index contributed by atoms with van der Waals surface area (Å²) in [5.74, 6) is 0.296. The van der Waals surface area contributed by atoms with Crippen molar-refractivity contribution in [1.29, 1.82) is 0 Å². The van der Waals surface area contributed by atoms with Gasteiger partial charge < -0.3 is 15.8 Å². The van der Waals surface area contributed by atoms with Crippen molar-refractivity contribution in [3.05, 3.63) is 5.82 Å². The quantitative estimate of drug-likeness (QED) is 0.613. The van der Waals surface area contributed by atoms with Gasteiger partial charge in [-0.2, -0.15) is 5.21 Å². The second-order valence-electron chi connectivity index (χ2n) is 4.06. The highest BCUT2D eigenvalue weighted by atomic mass is 16.5. The predicted molar refractivity (Wildman–Crippen MR) is 57.7 cm³/mol. The average Bonchev–Trinajstić information content (AvgIpc) is 3.00. The second-order valence-corrected chi connectivity index (χ2v) is 4.06. The van der Waals surface area contributed by atoms with Gasteiger partial charge in [-0.3, -0.25) is 4.79 Å². The van der Waals surface area contributed by atoms with E-state index in [2.05, 4.69) is 25.9 Å². The van der Waals surface area contributed by atoms with E-state index in [-0.39, 0.29) is 18.1 Å². The zero-order chi connectivity index (χ0) is 12.3. The number of tetrazole rings is 1. The lowest BCUT2D eigenvalue weighted by Gasteiger charge is -2.15. The summed E-state index contributed by atoms with van der Waals surface area (Å²) in [4.78, 5) is 11.8. The lowest BCUT2D eigenvalue weighted by Crippen LogP contribution is -2.37. The number of hydrogen-bond acceptors (Lipinski definition) is 6. The Hall–Kier alpha value is -1.54. The highest BCUT2D eigenvalue weighted by molar-refractivity contribution is 5.81. The minimum Gasteiger partial charge on any atom is -0.364 e. The predicted octanol–water partition coefficient (Wildman–Crippen LogP) is -1.12. The van der Waals surface area contributed by atoms with Crippen molar-refractivity contribution >= 4 is 5.91 Å². The molecule has 2 rings (SSSR count). The molecule has 94 valence electrons. The number of hydrogen-bond donors (Lipinski definition) is 3. The smallest absolute Gasteiger partial charge is 0.249 e. The van der Waals surface area contributed by atoms with Crippen LogP contribution in [0.5, 0.6) is 0 Å². The van der Waals surface area contributed by atoms with E-state index in [1.807, 2.05) is 0 Å². The van der Waals surface area contributed by atoms with Crippen molar-refractivity contribution in [3.63, 3.8) is 0 Å². The molecule has 1 amide bonds. The molecule has 8 nitrogen and oxygen atoms in total. The van der Waals surface area contributed by atoms with Gasteiger partial charge in [-0.15, -0.1) is 10.2 Å². The fourth-order valence-corrected chi connectivity index (χ4v) is 1.80. The van der Waals surface area contributed by atoms with E-state index in [0.29, 0.717) is 18.8 Å². The van der Waals surface area contributed by atoms with Gasteiger partial charge in [-0.05, 0) is 19.8 Å². The maximum absolute atomic E-state index is 11.8. The summed E-state index contributed by atoms with van der Waals surface area (Å²) < 4.78 is 5.49. The van der Waals surface area contributed by atoms with Crippen LogP contribution < -0.4 is 11.1 Å². The first-order valence-corrected chi connectivity index (χ1v) is 5.60. The number of nitrogens with zero attached hydrogens (tertiary/aromatic N) is 3. The lowest BCUT2D eigenvalue weighted by atomic mass is 10.2. The Bertz CT molecular complexity index is 368. The number of carbonyl (C=O) groups is 1. The number of nitrogens with two attached hydrogens (primary N) is 1. The molecule has 3 unspecified atom stereocenters. The van der Waals surface area contributed by atoms with Crippen LogP contribution in [-0.4, -0.2) is 45.3 Å². The summed E-state index contributed by atoms with van der Waals surface area (Å²) >= 11 is 0. The number of aromatic nitrogens is 4. The van der Waals surface area contributed by atoms with Gasteiger partial charge in [0.2, 0.25) is 5.91 Å². The Morgan fingerprint density at radius 2 is 2.53 bits per heavy atom. The normalized spacial score (nSPS) is 25.8. The molecule has 1 aliphatic rings. The van der Waals surface area contributed by atoms with Gasteiger partial charge in [-0.1, -0.05) is 5.21 Å². The molecule has 0 radical (unpaired) electrons. The van der Waals surface area contributed by atoms with Crippen LogP contribution in [0.15, 0.2) is 0 Å². The first-order valence-electron chi connectivity index (χ1n) is 5.60. The molecule has 4 N–H and O–H groups in total. The minimum atomic E-state index is -0.419. The van der Waals surface area contributed by atoms with Gasteiger partial charge in [0.25, 0.3) is 0 Å². The largest absolute Gasteiger partial charge is 0.364 e. The molecule has 17 heavy (non-hydrogen) atoms. The highest BCUT2D eigenvalue weighted by Crippen LogP contribution is 2.19. The van der Waals surface area contributed by atoms with Gasteiger partial charge in [0.05, 0.1) is 12.1 Å². The van der Waals surface area contributed by atoms with Crippen LogP contribution in [0.1, 0.15) is 31.6 Å². The summed E-state index contributed by atoms with van der Waals surface area (Å²) in [6, 6.07) is -0.290. The number of rotatable bonds is 4. The third kappa shape index (κ3) is 2.77. The van der Waals surface area contributed by atoms with Gasteiger partial charge in [0.15, 0.2) is 5.82 Å². The molecule has 0 spiro atoms. The molecule has 1 saturated heterocycles. The molecule has 1 fully saturated rings. The monoisotopic (exact) mass is 240 g/mol. The van der Waals surface area contributed by atoms with E-state index in [1.54, 1.807) is 6.92 Å². The van der Waals surface area contributed by atoms with Gasteiger partial charge in [0, 0.05) is 6.54 Å². The number of H-pyrrole nitrogens is 1. The summed E-state index contributed by atoms with van der Waals surface area (Å²) in [6.45, 7) is 2.24. The summed E-state index contributed by atoms with van der Waals surface area (Å²) in [5, 5.41) is 16.2. The van der Waals surface area contributed by atoms with Crippen molar-refractivity contribution in [2.24, 2.45) is 5.73 Å². The molecule has 0 aromatic carbocycles. The Morgan fingerprint density at radius 3 is 3.12 bits per heavy atom. The van der Waals surface area contributed by atoms with Crippen molar-refractivity contribution in [2.75, 3.05) is 6.54 Å². The molecule has 1 aliphatic heterocycles. The number of carbonyl (C=O) groups excluding carboxylic acids is 1. The van der Waals surface area contributed by atoms with Crippen LogP contribution in [0.2, 0.25) is 0 Å². The van der Waals surface area contributed by atoms with Crippen molar-refractivity contribution < 1.29 is 9.53 Å².